The van der Waals surface area contributed by atoms with E-state index in [0.29, 0.717) is 27.4 Å². The lowest BCUT2D eigenvalue weighted by Crippen LogP contribution is -2.32. The molecule has 1 heterocycles. The third kappa shape index (κ3) is 5.66. The third-order valence-electron chi connectivity index (χ3n) is 5.48. The van der Waals surface area contributed by atoms with E-state index >= 15 is 0 Å². The molecule has 184 valence electrons. The Hall–Kier alpha value is -4.31. The minimum atomic E-state index is -1.00. The van der Waals surface area contributed by atoms with Gasteiger partial charge in [-0.2, -0.15) is 5.10 Å². The van der Waals surface area contributed by atoms with Crippen LogP contribution in [0.15, 0.2) is 53.6 Å². The standard InChI is InChI=1S/C26H23N3O6S/c1-15-9-11-17(12-10-15)25(32)35-18-6-3-5-16(13-18)14-27-29-23(31)22(30)28-24-21(26(33)34-2)19-7-4-8-20(19)36-24/h3,5-6,9-14H,4,7-8H2,1-2H3,(H,28,30)(H,29,31)/b27-14+. The number of esters is 2. The summed E-state index contributed by atoms with van der Waals surface area (Å²) < 4.78 is 10.2. The molecule has 1 aliphatic rings. The highest BCUT2D eigenvalue weighted by Gasteiger charge is 2.29. The van der Waals surface area contributed by atoms with E-state index in [4.69, 9.17) is 9.47 Å². The lowest BCUT2D eigenvalue weighted by molar-refractivity contribution is -0.136. The Bertz CT molecular complexity index is 1360. The van der Waals surface area contributed by atoms with Crippen molar-refractivity contribution in [3.05, 3.63) is 81.2 Å². The Balaban J connectivity index is 1.36. The van der Waals surface area contributed by atoms with Crippen molar-refractivity contribution >= 4 is 46.3 Å². The number of fused-ring (bicyclic) bond motifs is 1. The van der Waals surface area contributed by atoms with Gasteiger partial charge in [-0.1, -0.05) is 29.8 Å². The number of rotatable bonds is 6. The van der Waals surface area contributed by atoms with Crippen LogP contribution in [0, 0.1) is 6.92 Å². The van der Waals surface area contributed by atoms with Gasteiger partial charge >= 0.3 is 23.8 Å². The maximum absolute atomic E-state index is 12.4. The summed E-state index contributed by atoms with van der Waals surface area (Å²) in [5, 5.41) is 6.58. The topological polar surface area (TPSA) is 123 Å². The van der Waals surface area contributed by atoms with Gasteiger partial charge in [-0.05, 0) is 61.6 Å². The van der Waals surface area contributed by atoms with Crippen molar-refractivity contribution < 1.29 is 28.7 Å². The zero-order valence-electron chi connectivity index (χ0n) is 19.6. The number of carbonyl (C=O) groups excluding carboxylic acids is 4. The van der Waals surface area contributed by atoms with E-state index in [1.807, 2.05) is 19.1 Å². The number of anilines is 1. The highest BCUT2D eigenvalue weighted by molar-refractivity contribution is 7.17. The average molecular weight is 506 g/mol. The van der Waals surface area contributed by atoms with Crippen molar-refractivity contribution in [2.24, 2.45) is 5.10 Å². The molecule has 2 amide bonds. The molecule has 2 N–H and O–H groups in total. The van der Waals surface area contributed by atoms with Gasteiger partial charge in [0.2, 0.25) is 0 Å². The summed E-state index contributed by atoms with van der Waals surface area (Å²) in [7, 11) is 1.27. The molecule has 0 unspecified atom stereocenters. The number of hydrazone groups is 1. The molecule has 1 aromatic heterocycles. The zero-order chi connectivity index (χ0) is 25.7. The lowest BCUT2D eigenvalue weighted by atomic mass is 10.1. The van der Waals surface area contributed by atoms with Crippen LogP contribution >= 0.6 is 11.3 Å². The number of thiophene rings is 1. The molecule has 9 nitrogen and oxygen atoms in total. The van der Waals surface area contributed by atoms with Crippen LogP contribution in [0.4, 0.5) is 5.00 Å². The van der Waals surface area contributed by atoms with Gasteiger partial charge in [0, 0.05) is 4.88 Å². The molecule has 0 saturated heterocycles. The minimum Gasteiger partial charge on any atom is -0.465 e. The van der Waals surface area contributed by atoms with Crippen LogP contribution in [0.25, 0.3) is 0 Å². The molecule has 36 heavy (non-hydrogen) atoms. The molecular formula is C26H23N3O6S. The van der Waals surface area contributed by atoms with Gasteiger partial charge in [0.1, 0.15) is 10.8 Å². The molecule has 0 atom stereocenters. The highest BCUT2D eigenvalue weighted by atomic mass is 32.1. The van der Waals surface area contributed by atoms with E-state index in [1.165, 1.54) is 24.7 Å². The Morgan fingerprint density at radius 1 is 1.00 bits per heavy atom. The average Bonchev–Trinajstić information content (AvgIpc) is 3.45. The number of methoxy groups -OCH3 is 1. The number of aryl methyl sites for hydroxylation is 2. The number of benzene rings is 2. The molecule has 0 spiro atoms. The van der Waals surface area contributed by atoms with Gasteiger partial charge < -0.3 is 14.8 Å². The fourth-order valence-electron chi connectivity index (χ4n) is 3.70. The first-order chi connectivity index (χ1) is 17.4. The molecule has 0 saturated carbocycles. The van der Waals surface area contributed by atoms with Crippen LogP contribution in [0.3, 0.4) is 0 Å². The number of carbonyl (C=O) groups is 4. The van der Waals surface area contributed by atoms with Crippen molar-refractivity contribution in [3.8, 4) is 5.75 Å². The quantitative estimate of drug-likeness (QED) is 0.173. The van der Waals surface area contributed by atoms with Crippen molar-refractivity contribution in [2.75, 3.05) is 12.4 Å². The van der Waals surface area contributed by atoms with Crippen LogP contribution in [0.2, 0.25) is 0 Å². The largest absolute Gasteiger partial charge is 0.465 e. The molecule has 4 rings (SSSR count). The summed E-state index contributed by atoms with van der Waals surface area (Å²) in [6.45, 7) is 1.92. The monoisotopic (exact) mass is 505 g/mol. The molecule has 0 aliphatic heterocycles. The second kappa shape index (κ2) is 11.0. The van der Waals surface area contributed by atoms with Crippen molar-refractivity contribution in [1.82, 2.24) is 5.43 Å². The van der Waals surface area contributed by atoms with Crippen LogP contribution in [0.5, 0.6) is 5.75 Å². The maximum atomic E-state index is 12.4. The Labute approximate surface area is 211 Å². The second-order valence-corrected chi connectivity index (χ2v) is 9.14. The first kappa shape index (κ1) is 24.8. The van der Waals surface area contributed by atoms with E-state index in [0.717, 1.165) is 35.3 Å². The summed E-state index contributed by atoms with van der Waals surface area (Å²) in [5.74, 6) is -2.71. The first-order valence-corrected chi connectivity index (χ1v) is 11.9. The van der Waals surface area contributed by atoms with Gasteiger partial charge in [-0.25, -0.2) is 15.0 Å². The summed E-state index contributed by atoms with van der Waals surface area (Å²) in [5.41, 5.74) is 5.31. The summed E-state index contributed by atoms with van der Waals surface area (Å²) in [4.78, 5) is 50.1. The smallest absolute Gasteiger partial charge is 0.343 e. The summed E-state index contributed by atoms with van der Waals surface area (Å²) in [6, 6.07) is 13.5. The van der Waals surface area contributed by atoms with Crippen LogP contribution in [-0.2, 0) is 27.2 Å². The van der Waals surface area contributed by atoms with Gasteiger partial charge in [0.15, 0.2) is 0 Å². The van der Waals surface area contributed by atoms with Crippen LogP contribution < -0.4 is 15.5 Å². The second-order valence-electron chi connectivity index (χ2n) is 8.03. The Morgan fingerprint density at radius 3 is 2.53 bits per heavy atom. The molecule has 0 radical (unpaired) electrons. The number of nitrogens with one attached hydrogen (secondary N) is 2. The SMILES string of the molecule is COC(=O)c1c(NC(=O)C(=O)N/N=C/c2cccc(OC(=O)c3ccc(C)cc3)c2)sc2c1CCC2. The van der Waals surface area contributed by atoms with Crippen molar-refractivity contribution in [3.63, 3.8) is 0 Å². The van der Waals surface area contributed by atoms with E-state index in [9.17, 15) is 19.2 Å². The number of amides is 2. The maximum Gasteiger partial charge on any atom is 0.343 e. The molecule has 0 bridgehead atoms. The van der Waals surface area contributed by atoms with Gasteiger partial charge in [-0.3, -0.25) is 9.59 Å². The van der Waals surface area contributed by atoms with Crippen LogP contribution in [0.1, 0.15) is 48.7 Å². The third-order valence-corrected chi connectivity index (χ3v) is 6.69. The predicted octanol–water partition coefficient (Wildman–Crippen LogP) is 3.64. The van der Waals surface area contributed by atoms with E-state index in [1.54, 1.807) is 36.4 Å². The normalized spacial score (nSPS) is 12.2. The molecule has 10 heteroatoms. The zero-order valence-corrected chi connectivity index (χ0v) is 20.4. The highest BCUT2D eigenvalue weighted by Crippen LogP contribution is 2.39. The molecule has 1 aliphatic carbocycles. The van der Waals surface area contributed by atoms with Crippen molar-refractivity contribution in [2.45, 2.75) is 26.2 Å². The molecular weight excluding hydrogens is 482 g/mol. The number of hydrogen-bond donors (Lipinski definition) is 2. The van der Waals surface area contributed by atoms with E-state index < -0.39 is 23.8 Å². The van der Waals surface area contributed by atoms with Crippen LogP contribution in [-0.4, -0.2) is 37.1 Å². The molecule has 3 aromatic rings. The molecule has 0 fully saturated rings. The lowest BCUT2D eigenvalue weighted by Gasteiger charge is -2.06. The van der Waals surface area contributed by atoms with E-state index in [-0.39, 0.29) is 0 Å². The Kier molecular flexibility index (Phi) is 7.55. The van der Waals surface area contributed by atoms with Gasteiger partial charge in [-0.15, -0.1) is 11.3 Å². The van der Waals surface area contributed by atoms with Gasteiger partial charge in [0.05, 0.1) is 24.5 Å². The van der Waals surface area contributed by atoms with Crippen molar-refractivity contribution in [1.29, 1.82) is 0 Å². The number of nitrogens with zero attached hydrogens (tertiary/aromatic N) is 1. The first-order valence-electron chi connectivity index (χ1n) is 11.1. The van der Waals surface area contributed by atoms with E-state index in [2.05, 4.69) is 15.8 Å². The summed E-state index contributed by atoms with van der Waals surface area (Å²) >= 11 is 1.27. The van der Waals surface area contributed by atoms with Gasteiger partial charge in [0.25, 0.3) is 0 Å². The fraction of sp³-hybridized carbons (Fsp3) is 0.192. The minimum absolute atomic E-state index is 0.291. The number of hydrogen-bond acceptors (Lipinski definition) is 8. The summed E-state index contributed by atoms with van der Waals surface area (Å²) in [6.07, 6.45) is 3.78. The Morgan fingerprint density at radius 2 is 1.78 bits per heavy atom. The predicted molar refractivity (Wildman–Crippen MR) is 135 cm³/mol. The number of ether oxygens (including phenoxy) is 2. The molecule has 2 aromatic carbocycles. The fourth-order valence-corrected chi connectivity index (χ4v) is 4.97.